The number of carbonyl (C=O) groups excluding carboxylic acids is 2. The topological polar surface area (TPSA) is 84.2 Å². The van der Waals surface area contributed by atoms with Crippen LogP contribution in [0, 0.1) is 0 Å². The molecule has 14 heavy (non-hydrogen) atoms. The quantitative estimate of drug-likeness (QED) is 0.562. The fourth-order valence-corrected chi connectivity index (χ4v) is 0.918. The molecule has 74 valence electrons. The summed E-state index contributed by atoms with van der Waals surface area (Å²) in [5, 5.41) is 4.41. The van der Waals surface area contributed by atoms with E-state index < -0.39 is 11.9 Å². The SMILES string of the molecule is CNC(=O)NC(=O)c1cccc(N)c1. The highest BCUT2D eigenvalue weighted by atomic mass is 16.2. The van der Waals surface area contributed by atoms with Gasteiger partial charge in [-0.1, -0.05) is 6.07 Å². The Balaban J connectivity index is 2.75. The second-order valence-electron chi connectivity index (χ2n) is 2.66. The van der Waals surface area contributed by atoms with Crippen LogP contribution in [0.5, 0.6) is 0 Å². The van der Waals surface area contributed by atoms with Gasteiger partial charge < -0.3 is 11.1 Å². The maximum Gasteiger partial charge on any atom is 0.321 e. The van der Waals surface area contributed by atoms with Crippen LogP contribution in [0.2, 0.25) is 0 Å². The number of nitrogens with two attached hydrogens (primary N) is 1. The Bertz CT molecular complexity index is 363. The van der Waals surface area contributed by atoms with E-state index >= 15 is 0 Å². The van der Waals surface area contributed by atoms with Crippen LogP contribution in [0.1, 0.15) is 10.4 Å². The van der Waals surface area contributed by atoms with E-state index in [1.54, 1.807) is 18.2 Å². The van der Waals surface area contributed by atoms with Crippen molar-refractivity contribution in [3.05, 3.63) is 29.8 Å². The number of amides is 3. The average molecular weight is 193 g/mol. The third-order valence-electron chi connectivity index (χ3n) is 1.60. The Labute approximate surface area is 81.3 Å². The van der Waals surface area contributed by atoms with E-state index in [0.717, 1.165) is 0 Å². The molecule has 5 nitrogen and oxygen atoms in total. The third kappa shape index (κ3) is 2.48. The summed E-state index contributed by atoms with van der Waals surface area (Å²) >= 11 is 0. The van der Waals surface area contributed by atoms with Gasteiger partial charge in [-0.3, -0.25) is 10.1 Å². The van der Waals surface area contributed by atoms with Crippen molar-refractivity contribution in [1.29, 1.82) is 0 Å². The molecular formula is C9H11N3O2. The number of hydrogen-bond donors (Lipinski definition) is 3. The van der Waals surface area contributed by atoms with E-state index in [1.807, 2.05) is 0 Å². The molecule has 0 saturated carbocycles. The minimum Gasteiger partial charge on any atom is -0.399 e. The molecule has 0 radical (unpaired) electrons. The number of nitrogens with one attached hydrogen (secondary N) is 2. The van der Waals surface area contributed by atoms with Crippen molar-refractivity contribution >= 4 is 17.6 Å². The number of benzene rings is 1. The molecule has 5 heteroatoms. The fraction of sp³-hybridized carbons (Fsp3) is 0.111. The van der Waals surface area contributed by atoms with E-state index in [-0.39, 0.29) is 0 Å². The second-order valence-corrected chi connectivity index (χ2v) is 2.66. The molecule has 1 rings (SSSR count). The summed E-state index contributed by atoms with van der Waals surface area (Å²) in [5.74, 6) is -0.475. The minimum atomic E-state index is -0.544. The van der Waals surface area contributed by atoms with Gasteiger partial charge in [0.15, 0.2) is 0 Å². The number of rotatable bonds is 1. The van der Waals surface area contributed by atoms with E-state index in [4.69, 9.17) is 5.73 Å². The number of hydrogen-bond acceptors (Lipinski definition) is 3. The number of urea groups is 1. The zero-order chi connectivity index (χ0) is 10.6. The highest BCUT2D eigenvalue weighted by molar-refractivity contribution is 6.04. The molecule has 0 aliphatic carbocycles. The summed E-state index contributed by atoms with van der Waals surface area (Å²) in [6.45, 7) is 0. The first-order chi connectivity index (χ1) is 6.63. The smallest absolute Gasteiger partial charge is 0.321 e. The minimum absolute atomic E-state index is 0.355. The van der Waals surface area contributed by atoms with E-state index in [0.29, 0.717) is 11.3 Å². The van der Waals surface area contributed by atoms with E-state index in [9.17, 15) is 9.59 Å². The monoisotopic (exact) mass is 193 g/mol. The number of nitrogen functional groups attached to an aromatic ring is 1. The Morgan fingerprint density at radius 1 is 1.36 bits per heavy atom. The molecule has 1 aromatic carbocycles. The van der Waals surface area contributed by atoms with Crippen molar-refractivity contribution in [2.24, 2.45) is 0 Å². The Hall–Kier alpha value is -2.04. The van der Waals surface area contributed by atoms with E-state index in [2.05, 4.69) is 10.6 Å². The van der Waals surface area contributed by atoms with Crippen LogP contribution in [-0.2, 0) is 0 Å². The highest BCUT2D eigenvalue weighted by Gasteiger charge is 2.08. The molecule has 0 fully saturated rings. The summed E-state index contributed by atoms with van der Waals surface area (Å²) in [5.41, 5.74) is 6.32. The first kappa shape index (κ1) is 10.0. The number of anilines is 1. The first-order valence-corrected chi connectivity index (χ1v) is 4.02. The van der Waals surface area contributed by atoms with E-state index in [1.165, 1.54) is 13.1 Å². The molecule has 0 aliphatic heterocycles. The Morgan fingerprint density at radius 2 is 2.07 bits per heavy atom. The molecule has 3 amide bonds. The van der Waals surface area contributed by atoms with Gasteiger partial charge in [-0.05, 0) is 18.2 Å². The molecule has 1 aromatic rings. The largest absolute Gasteiger partial charge is 0.399 e. The van der Waals surface area contributed by atoms with Crippen LogP contribution < -0.4 is 16.4 Å². The maximum atomic E-state index is 11.3. The molecule has 0 aliphatic rings. The maximum absolute atomic E-state index is 11.3. The lowest BCUT2D eigenvalue weighted by Gasteiger charge is -2.03. The van der Waals surface area contributed by atoms with Gasteiger partial charge in [0, 0.05) is 18.3 Å². The van der Waals surface area contributed by atoms with Gasteiger partial charge >= 0.3 is 6.03 Å². The highest BCUT2D eigenvalue weighted by Crippen LogP contribution is 2.05. The average Bonchev–Trinajstić information content (AvgIpc) is 2.17. The van der Waals surface area contributed by atoms with Gasteiger partial charge in [0.05, 0.1) is 0 Å². The summed E-state index contributed by atoms with van der Waals surface area (Å²) < 4.78 is 0. The molecule has 0 aromatic heterocycles. The fourth-order valence-electron chi connectivity index (χ4n) is 0.918. The summed E-state index contributed by atoms with van der Waals surface area (Å²) in [4.78, 5) is 22.1. The Kier molecular flexibility index (Phi) is 3.06. The van der Waals surface area contributed by atoms with Crippen LogP contribution in [0.3, 0.4) is 0 Å². The van der Waals surface area contributed by atoms with Crippen LogP contribution >= 0.6 is 0 Å². The molecule has 0 atom stereocenters. The van der Waals surface area contributed by atoms with Crippen LogP contribution in [0.25, 0.3) is 0 Å². The zero-order valence-corrected chi connectivity index (χ0v) is 7.70. The zero-order valence-electron chi connectivity index (χ0n) is 7.70. The van der Waals surface area contributed by atoms with Crippen LogP contribution in [0.15, 0.2) is 24.3 Å². The predicted octanol–water partition coefficient (Wildman–Crippen LogP) is 0.338. The number of imide groups is 1. The summed E-state index contributed by atoms with van der Waals surface area (Å²) in [7, 11) is 1.43. The van der Waals surface area contributed by atoms with Crippen LogP contribution in [-0.4, -0.2) is 19.0 Å². The van der Waals surface area contributed by atoms with Crippen molar-refractivity contribution in [3.63, 3.8) is 0 Å². The van der Waals surface area contributed by atoms with Gasteiger partial charge in [-0.2, -0.15) is 0 Å². The first-order valence-electron chi connectivity index (χ1n) is 4.02. The summed E-state index contributed by atoms with van der Waals surface area (Å²) in [6, 6.07) is 5.84. The van der Waals surface area contributed by atoms with Gasteiger partial charge in [-0.25, -0.2) is 4.79 Å². The Morgan fingerprint density at radius 3 is 2.64 bits per heavy atom. The molecule has 0 spiro atoms. The van der Waals surface area contributed by atoms with Crippen molar-refractivity contribution in [2.75, 3.05) is 12.8 Å². The van der Waals surface area contributed by atoms with Gasteiger partial charge in [0.25, 0.3) is 5.91 Å². The molecule has 0 saturated heterocycles. The molecule has 0 heterocycles. The second kappa shape index (κ2) is 4.27. The molecule has 0 bridgehead atoms. The lowest BCUT2D eigenvalue weighted by atomic mass is 10.2. The van der Waals surface area contributed by atoms with Gasteiger partial charge in [0.2, 0.25) is 0 Å². The third-order valence-corrected chi connectivity index (χ3v) is 1.60. The lowest BCUT2D eigenvalue weighted by molar-refractivity contribution is 0.0964. The van der Waals surface area contributed by atoms with Crippen molar-refractivity contribution in [2.45, 2.75) is 0 Å². The standard InChI is InChI=1S/C9H11N3O2/c1-11-9(14)12-8(13)6-3-2-4-7(10)5-6/h2-5H,10H2,1H3,(H2,11,12,13,14). The molecule has 4 N–H and O–H groups in total. The van der Waals surface area contributed by atoms with Gasteiger partial charge in [-0.15, -0.1) is 0 Å². The lowest BCUT2D eigenvalue weighted by Crippen LogP contribution is -2.37. The van der Waals surface area contributed by atoms with Crippen molar-refractivity contribution in [3.8, 4) is 0 Å². The molecular weight excluding hydrogens is 182 g/mol. The van der Waals surface area contributed by atoms with Crippen molar-refractivity contribution in [1.82, 2.24) is 10.6 Å². The van der Waals surface area contributed by atoms with Crippen molar-refractivity contribution < 1.29 is 9.59 Å². The normalized spacial score (nSPS) is 9.21. The molecule has 0 unspecified atom stereocenters. The van der Waals surface area contributed by atoms with Gasteiger partial charge in [0.1, 0.15) is 0 Å². The summed E-state index contributed by atoms with van der Waals surface area (Å²) in [6.07, 6.45) is 0. The predicted molar refractivity (Wildman–Crippen MR) is 52.8 cm³/mol. The van der Waals surface area contributed by atoms with Crippen LogP contribution in [0.4, 0.5) is 10.5 Å². The number of carbonyl (C=O) groups is 2.